The molecule has 1 heterocycles. The van der Waals surface area contributed by atoms with Gasteiger partial charge < -0.3 is 9.84 Å². The third-order valence-electron chi connectivity index (χ3n) is 3.77. The van der Waals surface area contributed by atoms with Gasteiger partial charge in [-0.3, -0.25) is 0 Å². The Balaban J connectivity index is 1.76. The van der Waals surface area contributed by atoms with E-state index in [1.165, 1.54) is 29.7 Å². The zero-order valence-corrected chi connectivity index (χ0v) is 16.4. The minimum Gasteiger partial charge on any atom is -0.491 e. The molecule has 8 heteroatoms. The summed E-state index contributed by atoms with van der Waals surface area (Å²) in [7, 11) is -3.84. The molecular formula is C19H20N2O4S2. The van der Waals surface area contributed by atoms with Crippen molar-refractivity contribution in [1.29, 1.82) is 0 Å². The molecule has 1 N–H and O–H groups in total. The smallest absolute Gasteiger partial charge is 0.266 e. The number of aliphatic hydroxyl groups is 1. The monoisotopic (exact) mass is 404 g/mol. The lowest BCUT2D eigenvalue weighted by Crippen LogP contribution is -2.39. The molecule has 3 rings (SSSR count). The average Bonchev–Trinajstić information content (AvgIpc) is 3.19. The van der Waals surface area contributed by atoms with Crippen LogP contribution in [-0.2, 0) is 10.0 Å². The van der Waals surface area contributed by atoms with Gasteiger partial charge >= 0.3 is 0 Å². The number of anilines is 1. The molecule has 0 fully saturated rings. The highest BCUT2D eigenvalue weighted by molar-refractivity contribution is 7.93. The molecule has 0 bridgehead atoms. The molecule has 0 aliphatic heterocycles. The number of ether oxygens (including phenoxy) is 1. The van der Waals surface area contributed by atoms with Crippen molar-refractivity contribution in [3.63, 3.8) is 0 Å². The maximum Gasteiger partial charge on any atom is 0.266 e. The van der Waals surface area contributed by atoms with Gasteiger partial charge in [0.05, 0.1) is 11.4 Å². The van der Waals surface area contributed by atoms with Crippen molar-refractivity contribution in [3.05, 3.63) is 71.7 Å². The lowest BCUT2D eigenvalue weighted by Gasteiger charge is -2.24. The van der Waals surface area contributed by atoms with E-state index in [1.54, 1.807) is 29.6 Å². The molecule has 27 heavy (non-hydrogen) atoms. The Labute approximate surface area is 162 Å². The molecular weight excluding hydrogens is 384 g/mol. The number of thiazole rings is 1. The van der Waals surface area contributed by atoms with Gasteiger partial charge in [0.15, 0.2) is 5.13 Å². The van der Waals surface area contributed by atoms with Crippen molar-refractivity contribution in [2.45, 2.75) is 17.9 Å². The van der Waals surface area contributed by atoms with Gasteiger partial charge in [-0.2, -0.15) is 0 Å². The van der Waals surface area contributed by atoms with Crippen molar-refractivity contribution in [3.8, 4) is 5.75 Å². The van der Waals surface area contributed by atoms with Gasteiger partial charge in [0.2, 0.25) is 0 Å². The fraction of sp³-hybridized carbons (Fsp3) is 0.211. The summed E-state index contributed by atoms with van der Waals surface area (Å²) >= 11 is 1.19. The molecule has 0 radical (unpaired) electrons. The third-order valence-corrected chi connectivity index (χ3v) is 6.45. The van der Waals surface area contributed by atoms with E-state index in [0.29, 0.717) is 10.9 Å². The summed E-state index contributed by atoms with van der Waals surface area (Å²) in [5.41, 5.74) is 1.04. The number of aliphatic hydroxyl groups excluding tert-OH is 1. The van der Waals surface area contributed by atoms with Gasteiger partial charge in [-0.1, -0.05) is 30.3 Å². The zero-order chi connectivity index (χ0) is 19.3. The van der Waals surface area contributed by atoms with Crippen LogP contribution in [0.3, 0.4) is 0 Å². The van der Waals surface area contributed by atoms with Crippen molar-refractivity contribution >= 4 is 26.5 Å². The molecule has 0 aliphatic carbocycles. The highest BCUT2D eigenvalue weighted by Gasteiger charge is 2.29. The predicted molar refractivity (Wildman–Crippen MR) is 106 cm³/mol. The van der Waals surface area contributed by atoms with Crippen LogP contribution in [0.4, 0.5) is 5.13 Å². The summed E-state index contributed by atoms with van der Waals surface area (Å²) < 4.78 is 32.8. The summed E-state index contributed by atoms with van der Waals surface area (Å²) in [6.45, 7) is 1.76. The van der Waals surface area contributed by atoms with Crippen LogP contribution in [0.2, 0.25) is 0 Å². The molecule has 0 aliphatic rings. The van der Waals surface area contributed by atoms with E-state index in [-0.39, 0.29) is 18.0 Å². The summed E-state index contributed by atoms with van der Waals surface area (Å²) in [4.78, 5) is 4.25. The van der Waals surface area contributed by atoms with Crippen molar-refractivity contribution < 1.29 is 18.3 Å². The quantitative estimate of drug-likeness (QED) is 0.624. The van der Waals surface area contributed by atoms with E-state index >= 15 is 0 Å². The maximum absolute atomic E-state index is 13.0. The summed E-state index contributed by atoms with van der Waals surface area (Å²) in [6.07, 6.45) is 0.510. The van der Waals surface area contributed by atoms with E-state index in [1.807, 2.05) is 25.1 Å². The molecule has 0 spiro atoms. The van der Waals surface area contributed by atoms with Crippen LogP contribution in [0.25, 0.3) is 0 Å². The van der Waals surface area contributed by atoms with E-state index in [2.05, 4.69) is 4.98 Å². The standard InChI is InChI=1S/C19H20N2O4S2/c1-15-6-5-7-17(12-15)25-14-16(22)13-21(19-20-10-11-26-19)27(23,24)18-8-3-2-4-9-18/h2-12,16,22H,13-14H2,1H3. The molecule has 1 aromatic heterocycles. The number of benzene rings is 2. The molecule has 1 atom stereocenters. The lowest BCUT2D eigenvalue weighted by atomic mass is 10.2. The Morgan fingerprint density at radius 2 is 1.96 bits per heavy atom. The predicted octanol–water partition coefficient (Wildman–Crippen LogP) is 3.09. The van der Waals surface area contributed by atoms with Crippen LogP contribution in [0, 0.1) is 6.92 Å². The first-order valence-electron chi connectivity index (χ1n) is 8.31. The fourth-order valence-corrected chi connectivity index (χ4v) is 4.84. The Kier molecular flexibility index (Phi) is 6.10. The Bertz CT molecular complexity index is 960. The Morgan fingerprint density at radius 3 is 2.63 bits per heavy atom. The van der Waals surface area contributed by atoms with Gasteiger partial charge in [-0.05, 0) is 36.8 Å². The number of hydrogen-bond acceptors (Lipinski definition) is 6. The average molecular weight is 405 g/mol. The number of aryl methyl sites for hydroxylation is 1. The molecule has 0 amide bonds. The number of sulfonamides is 1. The van der Waals surface area contributed by atoms with E-state index in [4.69, 9.17) is 4.74 Å². The van der Waals surface area contributed by atoms with Crippen molar-refractivity contribution in [2.75, 3.05) is 17.5 Å². The van der Waals surface area contributed by atoms with Crippen LogP contribution in [0.1, 0.15) is 5.56 Å². The number of rotatable bonds is 8. The second kappa shape index (κ2) is 8.51. The highest BCUT2D eigenvalue weighted by atomic mass is 32.2. The first-order chi connectivity index (χ1) is 13.0. The Morgan fingerprint density at radius 1 is 1.19 bits per heavy atom. The lowest BCUT2D eigenvalue weighted by molar-refractivity contribution is 0.115. The molecule has 142 valence electrons. The van der Waals surface area contributed by atoms with E-state index in [9.17, 15) is 13.5 Å². The van der Waals surface area contributed by atoms with Crippen LogP contribution in [0.5, 0.6) is 5.75 Å². The fourth-order valence-electron chi connectivity index (χ4n) is 2.48. The molecule has 3 aromatic rings. The zero-order valence-electron chi connectivity index (χ0n) is 14.7. The summed E-state index contributed by atoms with van der Waals surface area (Å²) in [5.74, 6) is 0.626. The topological polar surface area (TPSA) is 79.7 Å². The molecule has 6 nitrogen and oxygen atoms in total. The number of hydrogen-bond donors (Lipinski definition) is 1. The third kappa shape index (κ3) is 4.85. The SMILES string of the molecule is Cc1cccc(OCC(O)CN(c2nccs2)S(=O)(=O)c2ccccc2)c1. The van der Waals surface area contributed by atoms with Crippen molar-refractivity contribution in [1.82, 2.24) is 4.98 Å². The largest absolute Gasteiger partial charge is 0.491 e. The molecule has 0 saturated heterocycles. The van der Waals surface area contributed by atoms with Gasteiger partial charge in [-0.15, -0.1) is 11.3 Å². The molecule has 2 aromatic carbocycles. The first kappa shape index (κ1) is 19.3. The van der Waals surface area contributed by atoms with Crippen LogP contribution >= 0.6 is 11.3 Å². The number of nitrogens with zero attached hydrogens (tertiary/aromatic N) is 2. The van der Waals surface area contributed by atoms with Crippen LogP contribution in [0.15, 0.2) is 71.1 Å². The van der Waals surface area contributed by atoms with Crippen LogP contribution < -0.4 is 9.04 Å². The van der Waals surface area contributed by atoms with E-state index in [0.717, 1.165) is 9.87 Å². The minimum atomic E-state index is -3.84. The van der Waals surface area contributed by atoms with E-state index < -0.39 is 16.1 Å². The maximum atomic E-state index is 13.0. The van der Waals surface area contributed by atoms with Gasteiger partial charge in [0.1, 0.15) is 18.5 Å². The van der Waals surface area contributed by atoms with Crippen LogP contribution in [-0.4, -0.2) is 37.8 Å². The van der Waals surface area contributed by atoms with Crippen molar-refractivity contribution in [2.24, 2.45) is 0 Å². The van der Waals surface area contributed by atoms with Gasteiger partial charge in [0.25, 0.3) is 10.0 Å². The first-order valence-corrected chi connectivity index (χ1v) is 10.6. The number of aromatic nitrogens is 1. The molecule has 1 unspecified atom stereocenters. The highest BCUT2D eigenvalue weighted by Crippen LogP contribution is 2.26. The minimum absolute atomic E-state index is 0.0321. The van der Waals surface area contributed by atoms with Gasteiger partial charge in [-0.25, -0.2) is 17.7 Å². The van der Waals surface area contributed by atoms with Gasteiger partial charge in [0, 0.05) is 11.6 Å². The summed E-state index contributed by atoms with van der Waals surface area (Å²) in [5, 5.41) is 12.4. The molecule has 0 saturated carbocycles. The normalized spacial score (nSPS) is 12.5. The Hall–Kier alpha value is -2.42. The summed E-state index contributed by atoms with van der Waals surface area (Å²) in [6, 6.07) is 15.5. The second-order valence-electron chi connectivity index (χ2n) is 5.95. The second-order valence-corrected chi connectivity index (χ2v) is 8.68.